The molecule has 0 aliphatic rings. The van der Waals surface area contributed by atoms with Gasteiger partial charge in [-0.1, -0.05) is 6.92 Å². The lowest BCUT2D eigenvalue weighted by molar-refractivity contribution is -0.137. The van der Waals surface area contributed by atoms with Crippen molar-refractivity contribution in [2.75, 3.05) is 25.1 Å². The van der Waals surface area contributed by atoms with Crippen LogP contribution in [0.3, 0.4) is 0 Å². The Balaban J connectivity index is 2.87. The first-order chi connectivity index (χ1) is 9.51. The van der Waals surface area contributed by atoms with Gasteiger partial charge in [-0.2, -0.15) is 13.2 Å². The average Bonchev–Trinajstić information content (AvgIpc) is 2.31. The largest absolute Gasteiger partial charge is 0.508 e. The van der Waals surface area contributed by atoms with E-state index in [0.717, 1.165) is 12.3 Å². The predicted molar refractivity (Wildman–Crippen MR) is 73.8 cm³/mol. The molecule has 1 rings (SSSR count). The summed E-state index contributed by atoms with van der Waals surface area (Å²) in [4.78, 5) is 1.70. The first-order valence-corrected chi connectivity index (χ1v) is 8.37. The molecule has 0 radical (unpaired) electrons. The van der Waals surface area contributed by atoms with Crippen molar-refractivity contribution in [3.8, 4) is 5.75 Å². The molecule has 0 bridgehead atoms. The zero-order valence-corrected chi connectivity index (χ0v) is 12.6. The number of phenols is 1. The molecule has 0 saturated heterocycles. The minimum Gasteiger partial charge on any atom is -0.508 e. The molecule has 8 heteroatoms. The Hall–Kier alpha value is -1.28. The summed E-state index contributed by atoms with van der Waals surface area (Å²) in [6.07, 6.45) is -3.42. The van der Waals surface area contributed by atoms with E-state index in [4.69, 9.17) is 0 Å². The second-order valence-corrected chi connectivity index (χ2v) is 7.14. The van der Waals surface area contributed by atoms with Crippen LogP contribution in [0.1, 0.15) is 18.1 Å². The van der Waals surface area contributed by atoms with Crippen LogP contribution in [0.4, 0.5) is 13.2 Å². The molecule has 0 aliphatic carbocycles. The van der Waals surface area contributed by atoms with E-state index in [1.54, 1.807) is 11.8 Å². The smallest absolute Gasteiger partial charge is 0.416 e. The Morgan fingerprint density at radius 3 is 2.33 bits per heavy atom. The maximum absolute atomic E-state index is 12.7. The molecular weight excluding hydrogens is 307 g/mol. The summed E-state index contributed by atoms with van der Waals surface area (Å²) in [5, 5.41) is 9.39. The van der Waals surface area contributed by atoms with Gasteiger partial charge in [-0.25, -0.2) is 8.42 Å². The van der Waals surface area contributed by atoms with Gasteiger partial charge in [-0.15, -0.1) is 0 Å². The van der Waals surface area contributed by atoms with E-state index in [2.05, 4.69) is 0 Å². The fourth-order valence-electron chi connectivity index (χ4n) is 1.83. The molecule has 1 aromatic rings. The van der Waals surface area contributed by atoms with Gasteiger partial charge in [0.05, 0.1) is 11.3 Å². The van der Waals surface area contributed by atoms with E-state index in [1.165, 1.54) is 6.07 Å². The standard InChI is InChI=1S/C13H18F3NO3S/c1-3-17(4-5-21(2,19)20)9-10-6-11(13(14,15)16)8-12(18)7-10/h6-8,18H,3-5,9H2,1-2H3. The fraction of sp³-hybridized carbons (Fsp3) is 0.538. The molecule has 120 valence electrons. The number of aromatic hydroxyl groups is 1. The van der Waals surface area contributed by atoms with E-state index >= 15 is 0 Å². The normalized spacial score (nSPS) is 12.9. The summed E-state index contributed by atoms with van der Waals surface area (Å²) >= 11 is 0. The summed E-state index contributed by atoms with van der Waals surface area (Å²) < 4.78 is 60.3. The second-order valence-electron chi connectivity index (χ2n) is 4.88. The molecule has 0 unspecified atom stereocenters. The number of hydrogen-bond acceptors (Lipinski definition) is 4. The van der Waals surface area contributed by atoms with Crippen molar-refractivity contribution >= 4 is 9.84 Å². The van der Waals surface area contributed by atoms with Gasteiger partial charge in [0.15, 0.2) is 0 Å². The average molecular weight is 325 g/mol. The highest BCUT2D eigenvalue weighted by Gasteiger charge is 2.31. The molecule has 4 nitrogen and oxygen atoms in total. The molecule has 1 N–H and O–H groups in total. The number of rotatable bonds is 6. The van der Waals surface area contributed by atoms with Crippen LogP contribution >= 0.6 is 0 Å². The quantitative estimate of drug-likeness (QED) is 0.872. The first-order valence-electron chi connectivity index (χ1n) is 6.31. The lowest BCUT2D eigenvalue weighted by Crippen LogP contribution is -2.28. The van der Waals surface area contributed by atoms with Gasteiger partial charge in [0.1, 0.15) is 15.6 Å². The maximum atomic E-state index is 12.7. The third-order valence-electron chi connectivity index (χ3n) is 2.94. The third kappa shape index (κ3) is 6.34. The summed E-state index contributed by atoms with van der Waals surface area (Å²) in [5.74, 6) is -0.523. The Morgan fingerprint density at radius 1 is 1.24 bits per heavy atom. The minimum atomic E-state index is -4.53. The van der Waals surface area contributed by atoms with E-state index in [1.807, 2.05) is 0 Å². The molecule has 0 aliphatic heterocycles. The van der Waals surface area contributed by atoms with Crippen LogP contribution < -0.4 is 0 Å². The lowest BCUT2D eigenvalue weighted by Gasteiger charge is -2.20. The number of phenolic OH excluding ortho intramolecular Hbond substituents is 1. The second kappa shape index (κ2) is 6.65. The van der Waals surface area contributed by atoms with Crippen molar-refractivity contribution < 1.29 is 26.7 Å². The molecular formula is C13H18F3NO3S. The minimum absolute atomic E-state index is 0.0637. The Bertz CT molecular complexity index is 585. The monoisotopic (exact) mass is 325 g/mol. The number of halogens is 3. The van der Waals surface area contributed by atoms with Crippen molar-refractivity contribution in [3.05, 3.63) is 29.3 Å². The SMILES string of the molecule is CCN(CCS(C)(=O)=O)Cc1cc(O)cc(C(F)(F)F)c1. The van der Waals surface area contributed by atoms with Crippen molar-refractivity contribution in [2.24, 2.45) is 0 Å². The Kier molecular flexibility index (Phi) is 5.63. The fourth-order valence-corrected chi connectivity index (χ4v) is 2.42. The highest BCUT2D eigenvalue weighted by Crippen LogP contribution is 2.32. The summed E-state index contributed by atoms with van der Waals surface area (Å²) in [5.41, 5.74) is -0.630. The highest BCUT2D eigenvalue weighted by atomic mass is 32.2. The van der Waals surface area contributed by atoms with Gasteiger partial charge in [-0.05, 0) is 30.3 Å². The van der Waals surface area contributed by atoms with Crippen molar-refractivity contribution in [2.45, 2.75) is 19.6 Å². The predicted octanol–water partition coefficient (Wildman–Crippen LogP) is 2.28. The van der Waals surface area contributed by atoms with Crippen LogP contribution in [-0.2, 0) is 22.6 Å². The molecule has 0 saturated carbocycles. The Labute approximate surface area is 122 Å². The third-order valence-corrected chi connectivity index (χ3v) is 3.86. The first kappa shape index (κ1) is 17.8. The zero-order chi connectivity index (χ0) is 16.3. The topological polar surface area (TPSA) is 57.6 Å². The van der Waals surface area contributed by atoms with Gasteiger partial charge < -0.3 is 5.11 Å². The van der Waals surface area contributed by atoms with Crippen LogP contribution in [-0.4, -0.2) is 43.5 Å². The molecule has 0 aromatic heterocycles. The van der Waals surface area contributed by atoms with Crippen molar-refractivity contribution in [1.82, 2.24) is 4.90 Å². The molecule has 0 amide bonds. The van der Waals surface area contributed by atoms with E-state index < -0.39 is 27.3 Å². The number of alkyl halides is 3. The van der Waals surface area contributed by atoms with E-state index in [-0.39, 0.29) is 24.4 Å². The molecule has 0 spiro atoms. The highest BCUT2D eigenvalue weighted by molar-refractivity contribution is 7.90. The van der Waals surface area contributed by atoms with Gasteiger partial charge in [0.25, 0.3) is 0 Å². The van der Waals surface area contributed by atoms with Crippen molar-refractivity contribution in [1.29, 1.82) is 0 Å². The van der Waals surface area contributed by atoms with Crippen LogP contribution in [0.2, 0.25) is 0 Å². The van der Waals surface area contributed by atoms with Gasteiger partial charge >= 0.3 is 6.18 Å². The summed E-state index contributed by atoms with van der Waals surface area (Å²) in [7, 11) is -3.13. The van der Waals surface area contributed by atoms with Gasteiger partial charge in [0, 0.05) is 19.3 Å². The lowest BCUT2D eigenvalue weighted by atomic mass is 10.1. The van der Waals surface area contributed by atoms with Crippen LogP contribution in [0.15, 0.2) is 18.2 Å². The molecule has 0 heterocycles. The zero-order valence-electron chi connectivity index (χ0n) is 11.8. The number of benzene rings is 1. The molecule has 0 fully saturated rings. The summed E-state index contributed by atoms with van der Waals surface area (Å²) in [6.45, 7) is 2.65. The molecule has 1 aromatic carbocycles. The Morgan fingerprint density at radius 2 is 1.86 bits per heavy atom. The maximum Gasteiger partial charge on any atom is 0.416 e. The van der Waals surface area contributed by atoms with Crippen molar-refractivity contribution in [3.63, 3.8) is 0 Å². The van der Waals surface area contributed by atoms with E-state index in [9.17, 15) is 26.7 Å². The van der Waals surface area contributed by atoms with Gasteiger partial charge in [0.2, 0.25) is 0 Å². The summed E-state index contributed by atoms with van der Waals surface area (Å²) in [6, 6.07) is 2.87. The van der Waals surface area contributed by atoms with E-state index in [0.29, 0.717) is 12.6 Å². The van der Waals surface area contributed by atoms with Crippen LogP contribution in [0.25, 0.3) is 0 Å². The molecule has 0 atom stereocenters. The van der Waals surface area contributed by atoms with Crippen LogP contribution in [0, 0.1) is 0 Å². The van der Waals surface area contributed by atoms with Gasteiger partial charge in [-0.3, -0.25) is 4.90 Å². The number of sulfone groups is 1. The molecule has 21 heavy (non-hydrogen) atoms. The van der Waals surface area contributed by atoms with Crippen LogP contribution in [0.5, 0.6) is 5.75 Å². The number of nitrogens with zero attached hydrogens (tertiary/aromatic N) is 1. The number of hydrogen-bond donors (Lipinski definition) is 1.